The molecule has 2 atom stereocenters. The van der Waals surface area contributed by atoms with Crippen LogP contribution in [0, 0.1) is 22.0 Å². The highest BCUT2D eigenvalue weighted by molar-refractivity contribution is 6.34. The van der Waals surface area contributed by atoms with E-state index >= 15 is 0 Å². The van der Waals surface area contributed by atoms with Crippen molar-refractivity contribution < 1.29 is 9.72 Å². The number of rotatable bonds is 6. The Morgan fingerprint density at radius 1 is 1.17 bits per heavy atom. The first-order valence-electron chi connectivity index (χ1n) is 9.84. The third kappa shape index (κ3) is 5.55. The van der Waals surface area contributed by atoms with Crippen LogP contribution in [0.4, 0.5) is 5.69 Å². The summed E-state index contributed by atoms with van der Waals surface area (Å²) in [5, 5.41) is 13.8. The lowest BCUT2D eigenvalue weighted by molar-refractivity contribution is -0.384. The third-order valence-electron chi connectivity index (χ3n) is 5.30. The summed E-state index contributed by atoms with van der Waals surface area (Å²) in [6.45, 7) is 8.00. The first-order valence-corrected chi connectivity index (χ1v) is 10.2. The van der Waals surface area contributed by atoms with Gasteiger partial charge >= 0.3 is 0 Å². The molecule has 0 saturated carbocycles. The molecular formula is C22H26ClN3O3. The fraction of sp³-hybridized carbons (Fsp3) is 0.409. The Morgan fingerprint density at radius 2 is 1.83 bits per heavy atom. The van der Waals surface area contributed by atoms with Gasteiger partial charge in [0.2, 0.25) is 0 Å². The molecule has 1 aliphatic rings. The van der Waals surface area contributed by atoms with Crippen LogP contribution in [0.2, 0.25) is 5.02 Å². The van der Waals surface area contributed by atoms with Crippen molar-refractivity contribution in [1.29, 1.82) is 0 Å². The van der Waals surface area contributed by atoms with Gasteiger partial charge in [-0.25, -0.2) is 0 Å². The van der Waals surface area contributed by atoms with Gasteiger partial charge in [0, 0.05) is 38.3 Å². The normalized spacial score (nSPS) is 19.7. The van der Waals surface area contributed by atoms with Crippen molar-refractivity contribution in [3.8, 4) is 0 Å². The molecule has 0 radical (unpaired) electrons. The summed E-state index contributed by atoms with van der Waals surface area (Å²) >= 11 is 6.07. The number of likely N-dealkylation sites (tertiary alicyclic amines) is 1. The first kappa shape index (κ1) is 21.3. The first-order chi connectivity index (χ1) is 13.8. The van der Waals surface area contributed by atoms with E-state index in [2.05, 4.69) is 30.1 Å². The largest absolute Gasteiger partial charge is 0.348 e. The van der Waals surface area contributed by atoms with E-state index in [1.807, 2.05) is 18.2 Å². The average molecular weight is 416 g/mol. The number of hydrogen-bond acceptors (Lipinski definition) is 4. The van der Waals surface area contributed by atoms with Crippen LogP contribution in [0.1, 0.15) is 41.8 Å². The summed E-state index contributed by atoms with van der Waals surface area (Å²) in [4.78, 5) is 25.3. The molecule has 1 aliphatic heterocycles. The summed E-state index contributed by atoms with van der Waals surface area (Å²) in [7, 11) is 0. The number of nitrogens with zero attached hydrogens (tertiary/aromatic N) is 2. The van der Waals surface area contributed by atoms with Gasteiger partial charge in [0.05, 0.1) is 15.5 Å². The van der Waals surface area contributed by atoms with Gasteiger partial charge in [-0.15, -0.1) is 0 Å². The Bertz CT molecular complexity index is 893. The number of carbonyl (C=O) groups excluding carboxylic acids is 1. The number of nitrogens with one attached hydrogen (secondary N) is 1. The van der Waals surface area contributed by atoms with Crippen LogP contribution in [0.3, 0.4) is 0 Å². The number of benzene rings is 2. The monoisotopic (exact) mass is 415 g/mol. The Hall–Kier alpha value is -2.44. The van der Waals surface area contributed by atoms with Gasteiger partial charge in [0.15, 0.2) is 0 Å². The minimum Gasteiger partial charge on any atom is -0.348 e. The summed E-state index contributed by atoms with van der Waals surface area (Å²) in [5.41, 5.74) is 2.35. The Labute approximate surface area is 176 Å². The lowest BCUT2D eigenvalue weighted by Crippen LogP contribution is -2.38. The van der Waals surface area contributed by atoms with Crippen molar-refractivity contribution >= 4 is 23.2 Å². The summed E-state index contributed by atoms with van der Waals surface area (Å²) < 4.78 is 0. The summed E-state index contributed by atoms with van der Waals surface area (Å²) in [5.74, 6) is 1.03. The van der Waals surface area contributed by atoms with Gasteiger partial charge in [-0.1, -0.05) is 49.7 Å². The topological polar surface area (TPSA) is 75.5 Å². The summed E-state index contributed by atoms with van der Waals surface area (Å²) in [6, 6.07) is 12.0. The van der Waals surface area contributed by atoms with E-state index in [0.717, 1.165) is 25.2 Å². The number of hydrogen-bond donors (Lipinski definition) is 1. The molecule has 2 aromatic carbocycles. The third-order valence-corrected chi connectivity index (χ3v) is 5.62. The fourth-order valence-electron chi connectivity index (χ4n) is 4.12. The van der Waals surface area contributed by atoms with E-state index in [1.165, 1.54) is 30.2 Å². The lowest BCUT2D eigenvalue weighted by Gasteiger charge is -2.35. The van der Waals surface area contributed by atoms with Gasteiger partial charge in [-0.2, -0.15) is 0 Å². The molecule has 6 nitrogen and oxygen atoms in total. The van der Waals surface area contributed by atoms with Crippen molar-refractivity contribution in [1.82, 2.24) is 10.2 Å². The zero-order valence-corrected chi connectivity index (χ0v) is 17.5. The molecule has 0 bridgehead atoms. The number of non-ortho nitro benzene ring substituents is 1. The van der Waals surface area contributed by atoms with Gasteiger partial charge in [-0.05, 0) is 35.4 Å². The van der Waals surface area contributed by atoms with Crippen LogP contribution in [0.15, 0.2) is 42.5 Å². The van der Waals surface area contributed by atoms with Gasteiger partial charge in [-0.3, -0.25) is 19.8 Å². The minimum atomic E-state index is -0.536. The van der Waals surface area contributed by atoms with Crippen LogP contribution < -0.4 is 5.32 Å². The predicted molar refractivity (Wildman–Crippen MR) is 114 cm³/mol. The smallest absolute Gasteiger partial charge is 0.270 e. The van der Waals surface area contributed by atoms with Crippen molar-refractivity contribution in [3.05, 3.63) is 74.3 Å². The second-order valence-electron chi connectivity index (χ2n) is 8.01. The van der Waals surface area contributed by atoms with Crippen molar-refractivity contribution in [3.63, 3.8) is 0 Å². The highest BCUT2D eigenvalue weighted by Gasteiger charge is 2.22. The standard InChI is InChI=1S/C22H26ClN3O3/c1-15-9-16(2)13-25(12-15)14-18-6-4-3-5-17(18)11-24-22(27)20-8-7-19(26(28)29)10-21(20)23/h3-8,10,15-16H,9,11-14H2,1-2H3,(H,24,27). The second kappa shape index (κ2) is 9.37. The fourth-order valence-corrected chi connectivity index (χ4v) is 4.38. The molecular weight excluding hydrogens is 390 g/mol. The SMILES string of the molecule is CC1CC(C)CN(Cc2ccccc2CNC(=O)c2ccc([N+](=O)[O-])cc2Cl)C1. The van der Waals surface area contributed by atoms with Crippen molar-refractivity contribution in [2.24, 2.45) is 11.8 Å². The molecule has 29 heavy (non-hydrogen) atoms. The molecule has 1 amide bonds. The molecule has 7 heteroatoms. The molecule has 0 aromatic heterocycles. The molecule has 2 aromatic rings. The summed E-state index contributed by atoms with van der Waals surface area (Å²) in [6.07, 6.45) is 1.27. The van der Waals surface area contributed by atoms with Crippen LogP contribution in [0.5, 0.6) is 0 Å². The Kier molecular flexibility index (Phi) is 6.87. The Balaban J connectivity index is 1.67. The molecule has 154 valence electrons. The number of amides is 1. The molecule has 1 fully saturated rings. The number of piperidine rings is 1. The molecule has 2 unspecified atom stereocenters. The maximum Gasteiger partial charge on any atom is 0.270 e. The van der Waals surface area contributed by atoms with Crippen LogP contribution in [-0.2, 0) is 13.1 Å². The molecule has 0 aliphatic carbocycles. The van der Waals surface area contributed by atoms with Crippen LogP contribution >= 0.6 is 11.6 Å². The average Bonchev–Trinajstić information content (AvgIpc) is 2.66. The maximum absolute atomic E-state index is 12.5. The number of nitro benzene ring substituents is 1. The maximum atomic E-state index is 12.5. The quantitative estimate of drug-likeness (QED) is 0.550. The molecule has 1 N–H and O–H groups in total. The zero-order valence-electron chi connectivity index (χ0n) is 16.7. The number of nitro groups is 1. The van der Waals surface area contributed by atoms with E-state index in [0.29, 0.717) is 18.4 Å². The van der Waals surface area contributed by atoms with Crippen molar-refractivity contribution in [2.75, 3.05) is 13.1 Å². The lowest BCUT2D eigenvalue weighted by atomic mass is 9.91. The van der Waals surface area contributed by atoms with Gasteiger partial charge < -0.3 is 5.32 Å². The highest BCUT2D eigenvalue weighted by atomic mass is 35.5. The van der Waals surface area contributed by atoms with Crippen molar-refractivity contribution in [2.45, 2.75) is 33.4 Å². The van der Waals surface area contributed by atoms with Crippen LogP contribution in [-0.4, -0.2) is 28.8 Å². The predicted octanol–water partition coefficient (Wildman–Crippen LogP) is 4.66. The van der Waals surface area contributed by atoms with E-state index in [4.69, 9.17) is 11.6 Å². The van der Waals surface area contributed by atoms with Crippen LogP contribution in [0.25, 0.3) is 0 Å². The highest BCUT2D eigenvalue weighted by Crippen LogP contribution is 2.24. The number of carbonyl (C=O) groups is 1. The van der Waals surface area contributed by atoms with Gasteiger partial charge in [0.25, 0.3) is 11.6 Å². The van der Waals surface area contributed by atoms with Gasteiger partial charge in [0.1, 0.15) is 0 Å². The second-order valence-corrected chi connectivity index (χ2v) is 8.42. The number of halogens is 1. The Morgan fingerprint density at radius 3 is 2.45 bits per heavy atom. The van der Waals surface area contributed by atoms with E-state index < -0.39 is 4.92 Å². The molecule has 1 heterocycles. The molecule has 3 rings (SSSR count). The van der Waals surface area contributed by atoms with E-state index in [1.54, 1.807) is 0 Å². The van der Waals surface area contributed by atoms with E-state index in [-0.39, 0.29) is 22.2 Å². The zero-order chi connectivity index (χ0) is 21.0. The molecule has 1 saturated heterocycles. The molecule has 0 spiro atoms. The van der Waals surface area contributed by atoms with E-state index in [9.17, 15) is 14.9 Å². The minimum absolute atomic E-state index is 0.0706.